The van der Waals surface area contributed by atoms with Gasteiger partial charge in [-0.1, -0.05) is 33.3 Å². The first-order valence-corrected chi connectivity index (χ1v) is 9.91. The lowest BCUT2D eigenvalue weighted by Crippen LogP contribution is -2.28. The highest BCUT2D eigenvalue weighted by molar-refractivity contribution is 7.17. The minimum atomic E-state index is -0.330. The normalized spacial score (nSPS) is 17.4. The molecule has 0 aliphatic heterocycles. The number of allylic oxidation sites excluding steroid dienone is 1. The summed E-state index contributed by atoms with van der Waals surface area (Å²) in [5.41, 5.74) is 1.91. The number of hydrogen-bond acceptors (Lipinski definition) is 4. The predicted octanol–water partition coefficient (Wildman–Crippen LogP) is 4.98. The lowest BCUT2D eigenvalue weighted by atomic mass is 9.69. The van der Waals surface area contributed by atoms with Crippen LogP contribution in [0.2, 0.25) is 0 Å². The van der Waals surface area contributed by atoms with Crippen LogP contribution in [-0.4, -0.2) is 18.5 Å². The number of amides is 1. The number of nitrogens with one attached hydrogen (secondary N) is 1. The standard InChI is InChI=1S/C20H29NO3S/c1-6-9-16(22)21-18-17(19(23)24-8-3)14-11-10-13(12-15(14)25-18)20(4,5)7-2/h6,9,13H,7-8,10-12H2,1-5H3,(H,21,22)/b9-6+/t13-/m1/s1. The van der Waals surface area contributed by atoms with E-state index in [1.165, 1.54) is 22.3 Å². The number of rotatable bonds is 6. The highest BCUT2D eigenvalue weighted by atomic mass is 32.1. The zero-order valence-corrected chi connectivity index (χ0v) is 16.7. The van der Waals surface area contributed by atoms with Gasteiger partial charge in [0.15, 0.2) is 0 Å². The number of anilines is 1. The van der Waals surface area contributed by atoms with E-state index in [2.05, 4.69) is 26.1 Å². The van der Waals surface area contributed by atoms with Crippen molar-refractivity contribution < 1.29 is 14.3 Å². The molecule has 1 aromatic heterocycles. The topological polar surface area (TPSA) is 55.4 Å². The molecule has 2 rings (SSSR count). The Kier molecular flexibility index (Phi) is 6.44. The van der Waals surface area contributed by atoms with Crippen molar-refractivity contribution in [1.29, 1.82) is 0 Å². The van der Waals surface area contributed by atoms with Gasteiger partial charge < -0.3 is 10.1 Å². The van der Waals surface area contributed by atoms with E-state index in [1.54, 1.807) is 19.9 Å². The Hall–Kier alpha value is -1.62. The van der Waals surface area contributed by atoms with Crippen molar-refractivity contribution in [1.82, 2.24) is 0 Å². The lowest BCUT2D eigenvalue weighted by molar-refractivity contribution is -0.111. The fourth-order valence-corrected chi connectivity index (χ4v) is 4.67. The van der Waals surface area contributed by atoms with E-state index in [-0.39, 0.29) is 17.3 Å². The van der Waals surface area contributed by atoms with Crippen molar-refractivity contribution in [2.45, 2.75) is 60.3 Å². The Bertz CT molecular complexity index is 673. The summed E-state index contributed by atoms with van der Waals surface area (Å²) in [7, 11) is 0. The van der Waals surface area contributed by atoms with Crippen molar-refractivity contribution in [3.63, 3.8) is 0 Å². The van der Waals surface area contributed by atoms with E-state index in [4.69, 9.17) is 4.74 Å². The fraction of sp³-hybridized carbons (Fsp3) is 0.600. The van der Waals surface area contributed by atoms with Crippen LogP contribution in [0.1, 0.15) is 68.3 Å². The molecule has 5 heteroatoms. The lowest BCUT2D eigenvalue weighted by Gasteiger charge is -2.36. The molecule has 1 aromatic rings. The average Bonchev–Trinajstić information content (AvgIpc) is 2.92. The van der Waals surface area contributed by atoms with Crippen molar-refractivity contribution in [2.24, 2.45) is 11.3 Å². The first kappa shape index (κ1) is 19.7. The summed E-state index contributed by atoms with van der Waals surface area (Å²) in [4.78, 5) is 25.7. The van der Waals surface area contributed by atoms with Gasteiger partial charge in [-0.15, -0.1) is 11.3 Å². The number of thiophene rings is 1. The molecule has 4 nitrogen and oxygen atoms in total. The number of esters is 1. The molecule has 1 N–H and O–H groups in total. The van der Waals surface area contributed by atoms with E-state index in [0.29, 0.717) is 23.1 Å². The van der Waals surface area contributed by atoms with E-state index in [0.717, 1.165) is 31.2 Å². The second-order valence-corrected chi connectivity index (χ2v) is 8.30. The van der Waals surface area contributed by atoms with Crippen molar-refractivity contribution in [3.05, 3.63) is 28.2 Å². The third kappa shape index (κ3) is 4.32. The van der Waals surface area contributed by atoms with Gasteiger partial charge in [-0.3, -0.25) is 4.79 Å². The van der Waals surface area contributed by atoms with Gasteiger partial charge in [-0.2, -0.15) is 0 Å². The zero-order valence-electron chi connectivity index (χ0n) is 15.9. The third-order valence-corrected chi connectivity index (χ3v) is 6.49. The van der Waals surface area contributed by atoms with Gasteiger partial charge in [0.2, 0.25) is 5.91 Å². The highest BCUT2D eigenvalue weighted by Crippen LogP contribution is 2.45. The number of hydrogen-bond donors (Lipinski definition) is 1. The van der Waals surface area contributed by atoms with Crippen LogP contribution in [0.4, 0.5) is 5.00 Å². The number of carbonyl (C=O) groups is 2. The molecule has 0 saturated heterocycles. The van der Waals surface area contributed by atoms with Gasteiger partial charge in [0.1, 0.15) is 5.00 Å². The Labute approximate surface area is 154 Å². The summed E-state index contributed by atoms with van der Waals surface area (Å²) in [6, 6.07) is 0. The summed E-state index contributed by atoms with van der Waals surface area (Å²) < 4.78 is 5.25. The highest BCUT2D eigenvalue weighted by Gasteiger charge is 2.35. The molecule has 1 amide bonds. The van der Waals surface area contributed by atoms with Gasteiger partial charge in [-0.25, -0.2) is 4.79 Å². The van der Waals surface area contributed by atoms with Crippen LogP contribution in [0.25, 0.3) is 0 Å². The Balaban J connectivity index is 2.38. The van der Waals surface area contributed by atoms with E-state index in [9.17, 15) is 9.59 Å². The predicted molar refractivity (Wildman–Crippen MR) is 103 cm³/mol. The van der Waals surface area contributed by atoms with Gasteiger partial charge in [0.05, 0.1) is 12.2 Å². The zero-order chi connectivity index (χ0) is 18.6. The second-order valence-electron chi connectivity index (χ2n) is 7.20. The summed E-state index contributed by atoms with van der Waals surface area (Å²) in [6.07, 6.45) is 7.19. The van der Waals surface area contributed by atoms with E-state index < -0.39 is 0 Å². The molecule has 1 aliphatic rings. The molecule has 1 atom stereocenters. The summed E-state index contributed by atoms with van der Waals surface area (Å²) in [5, 5.41) is 3.49. The molecule has 0 bridgehead atoms. The number of carbonyl (C=O) groups excluding carboxylic acids is 2. The molecule has 0 radical (unpaired) electrons. The van der Waals surface area contributed by atoms with Crippen LogP contribution in [0.5, 0.6) is 0 Å². The summed E-state index contributed by atoms with van der Waals surface area (Å²) in [5.74, 6) is 0.0545. The maximum absolute atomic E-state index is 12.5. The molecule has 0 unspecified atom stereocenters. The monoisotopic (exact) mass is 363 g/mol. The fourth-order valence-electron chi connectivity index (χ4n) is 3.35. The number of ether oxygens (including phenoxy) is 1. The molecular formula is C20H29NO3S. The van der Waals surface area contributed by atoms with Gasteiger partial charge in [0, 0.05) is 4.88 Å². The van der Waals surface area contributed by atoms with E-state index >= 15 is 0 Å². The molecule has 138 valence electrons. The third-order valence-electron chi connectivity index (χ3n) is 5.32. The quantitative estimate of drug-likeness (QED) is 0.573. The van der Waals surface area contributed by atoms with Crippen molar-refractivity contribution in [3.8, 4) is 0 Å². The molecule has 25 heavy (non-hydrogen) atoms. The summed E-state index contributed by atoms with van der Waals surface area (Å²) in [6.45, 7) is 10.8. The van der Waals surface area contributed by atoms with Gasteiger partial charge in [-0.05, 0) is 56.1 Å². The molecular weight excluding hydrogens is 334 g/mol. The Morgan fingerprint density at radius 3 is 2.68 bits per heavy atom. The minimum absolute atomic E-state index is 0.211. The SMILES string of the molecule is C/C=C/C(=O)Nc1sc2c(c1C(=O)OCC)CC[C@@H](C(C)(C)CC)C2. The second kappa shape index (κ2) is 8.17. The van der Waals surface area contributed by atoms with Crippen molar-refractivity contribution >= 4 is 28.2 Å². The van der Waals surface area contributed by atoms with Crippen LogP contribution in [-0.2, 0) is 22.4 Å². The molecule has 0 fully saturated rings. The minimum Gasteiger partial charge on any atom is -0.462 e. The number of fused-ring (bicyclic) bond motifs is 1. The molecule has 1 aliphatic carbocycles. The van der Waals surface area contributed by atoms with Crippen LogP contribution in [0.3, 0.4) is 0 Å². The average molecular weight is 364 g/mol. The van der Waals surface area contributed by atoms with Crippen molar-refractivity contribution in [2.75, 3.05) is 11.9 Å². The molecule has 0 aromatic carbocycles. The molecule has 1 heterocycles. The molecule has 0 saturated carbocycles. The first-order valence-electron chi connectivity index (χ1n) is 9.09. The smallest absolute Gasteiger partial charge is 0.341 e. The molecule has 0 spiro atoms. The maximum atomic E-state index is 12.5. The first-order chi connectivity index (χ1) is 11.8. The van der Waals surface area contributed by atoms with Crippen LogP contribution in [0, 0.1) is 11.3 Å². The largest absolute Gasteiger partial charge is 0.462 e. The van der Waals surface area contributed by atoms with Gasteiger partial charge in [0.25, 0.3) is 0 Å². The summed E-state index contributed by atoms with van der Waals surface area (Å²) >= 11 is 1.53. The van der Waals surface area contributed by atoms with Crippen LogP contribution < -0.4 is 5.32 Å². The van der Waals surface area contributed by atoms with Crippen LogP contribution >= 0.6 is 11.3 Å². The van der Waals surface area contributed by atoms with E-state index in [1.807, 2.05) is 0 Å². The maximum Gasteiger partial charge on any atom is 0.341 e. The Morgan fingerprint density at radius 1 is 1.36 bits per heavy atom. The van der Waals surface area contributed by atoms with Crippen LogP contribution in [0.15, 0.2) is 12.2 Å². The Morgan fingerprint density at radius 2 is 2.08 bits per heavy atom. The van der Waals surface area contributed by atoms with Gasteiger partial charge >= 0.3 is 5.97 Å².